The van der Waals surface area contributed by atoms with E-state index in [1.165, 1.54) is 5.56 Å². The van der Waals surface area contributed by atoms with E-state index in [9.17, 15) is 4.79 Å². The molecule has 3 atom stereocenters. The number of likely N-dealkylation sites (tertiary alicyclic amines) is 1. The van der Waals surface area contributed by atoms with Crippen molar-refractivity contribution in [2.75, 3.05) is 25.1 Å². The van der Waals surface area contributed by atoms with Crippen LogP contribution >= 0.6 is 11.8 Å². The fourth-order valence-electron chi connectivity index (χ4n) is 3.39. The Bertz CT molecular complexity index is 465. The molecular weight excluding hydrogens is 292 g/mol. The molecule has 2 N–H and O–H groups in total. The van der Waals surface area contributed by atoms with Crippen LogP contribution in [-0.4, -0.2) is 41.9 Å². The number of nitrogens with two attached hydrogens (primary N) is 1. The second kappa shape index (κ2) is 8.59. The predicted molar refractivity (Wildman–Crippen MR) is 95.1 cm³/mol. The first-order chi connectivity index (χ1) is 10.7. The minimum Gasteiger partial charge on any atom is -0.341 e. The molecule has 1 heterocycles. The molecule has 0 radical (unpaired) electrons. The molecule has 1 aromatic carbocycles. The van der Waals surface area contributed by atoms with Crippen molar-refractivity contribution in [3.05, 3.63) is 35.9 Å². The van der Waals surface area contributed by atoms with E-state index < -0.39 is 0 Å². The Morgan fingerprint density at radius 2 is 2.14 bits per heavy atom. The van der Waals surface area contributed by atoms with Crippen LogP contribution in [0.5, 0.6) is 0 Å². The number of hydrogen-bond donors (Lipinski definition) is 1. The molecule has 3 nitrogen and oxygen atoms in total. The largest absolute Gasteiger partial charge is 0.341 e. The van der Waals surface area contributed by atoms with Crippen molar-refractivity contribution >= 4 is 17.7 Å². The fourth-order valence-corrected chi connectivity index (χ4v) is 3.88. The summed E-state index contributed by atoms with van der Waals surface area (Å²) in [6.07, 6.45) is 4.97. The van der Waals surface area contributed by atoms with Crippen LogP contribution in [0.4, 0.5) is 0 Å². The summed E-state index contributed by atoms with van der Waals surface area (Å²) in [6, 6.07) is 10.4. The van der Waals surface area contributed by atoms with E-state index in [2.05, 4.69) is 43.5 Å². The first kappa shape index (κ1) is 17.4. The number of thioether (sulfide) groups is 1. The van der Waals surface area contributed by atoms with Gasteiger partial charge in [0.15, 0.2) is 0 Å². The van der Waals surface area contributed by atoms with E-state index in [0.717, 1.165) is 38.1 Å². The Morgan fingerprint density at radius 3 is 2.77 bits per heavy atom. The molecule has 1 amide bonds. The van der Waals surface area contributed by atoms with Crippen LogP contribution in [0.15, 0.2) is 30.3 Å². The average molecular weight is 321 g/mol. The molecule has 4 heteroatoms. The van der Waals surface area contributed by atoms with Gasteiger partial charge in [-0.3, -0.25) is 4.79 Å². The Kier molecular flexibility index (Phi) is 6.77. The normalized spacial score (nSPS) is 23.3. The van der Waals surface area contributed by atoms with E-state index in [4.69, 9.17) is 5.73 Å². The van der Waals surface area contributed by atoms with Crippen molar-refractivity contribution in [3.63, 3.8) is 0 Å². The van der Waals surface area contributed by atoms with Crippen LogP contribution in [0.2, 0.25) is 0 Å². The molecular formula is C18H28N2OS. The highest BCUT2D eigenvalue weighted by Gasteiger charge is 2.32. The van der Waals surface area contributed by atoms with Crippen LogP contribution in [-0.2, 0) is 4.79 Å². The summed E-state index contributed by atoms with van der Waals surface area (Å²) in [7, 11) is 0. The van der Waals surface area contributed by atoms with Crippen molar-refractivity contribution in [2.45, 2.75) is 38.1 Å². The van der Waals surface area contributed by atoms with Gasteiger partial charge >= 0.3 is 0 Å². The first-order valence-corrected chi connectivity index (χ1v) is 9.65. The van der Waals surface area contributed by atoms with E-state index in [1.54, 1.807) is 11.8 Å². The molecule has 1 saturated heterocycles. The second-order valence-corrected chi connectivity index (χ2v) is 7.13. The SMILES string of the molecule is CC[C@@H]1CN(C(=O)[C@H](N)CCSC)CC[C@H]1c1ccccc1. The van der Waals surface area contributed by atoms with Crippen LogP contribution in [0, 0.1) is 5.92 Å². The second-order valence-electron chi connectivity index (χ2n) is 6.15. The summed E-state index contributed by atoms with van der Waals surface area (Å²) < 4.78 is 0. The maximum absolute atomic E-state index is 12.5. The molecule has 1 aliphatic heterocycles. The summed E-state index contributed by atoms with van der Waals surface area (Å²) in [5, 5.41) is 0. The van der Waals surface area contributed by atoms with Crippen LogP contribution < -0.4 is 5.73 Å². The third-order valence-corrected chi connectivity index (χ3v) is 5.39. The molecule has 0 spiro atoms. The number of nitrogens with zero attached hydrogens (tertiary/aromatic N) is 1. The van der Waals surface area contributed by atoms with Crippen molar-refractivity contribution in [1.29, 1.82) is 0 Å². The van der Waals surface area contributed by atoms with Crippen molar-refractivity contribution < 1.29 is 4.79 Å². The van der Waals surface area contributed by atoms with Crippen molar-refractivity contribution in [3.8, 4) is 0 Å². The lowest BCUT2D eigenvalue weighted by molar-refractivity contribution is -0.134. The number of carbonyl (C=O) groups is 1. The number of hydrogen-bond acceptors (Lipinski definition) is 3. The van der Waals surface area contributed by atoms with Crippen molar-refractivity contribution in [1.82, 2.24) is 4.90 Å². The number of benzene rings is 1. The third kappa shape index (κ3) is 4.26. The molecule has 0 unspecified atom stereocenters. The van der Waals surface area contributed by atoms with Gasteiger partial charge in [0.05, 0.1) is 6.04 Å². The summed E-state index contributed by atoms with van der Waals surface area (Å²) in [5.41, 5.74) is 7.47. The first-order valence-electron chi connectivity index (χ1n) is 8.25. The lowest BCUT2D eigenvalue weighted by Crippen LogP contribution is -2.49. The van der Waals surface area contributed by atoms with Gasteiger partial charge in [0.1, 0.15) is 0 Å². The monoisotopic (exact) mass is 320 g/mol. The van der Waals surface area contributed by atoms with Gasteiger partial charge in [0.2, 0.25) is 5.91 Å². The van der Waals surface area contributed by atoms with Gasteiger partial charge in [-0.25, -0.2) is 0 Å². The molecule has 1 aromatic rings. The highest BCUT2D eigenvalue weighted by atomic mass is 32.2. The molecule has 1 fully saturated rings. The van der Waals surface area contributed by atoms with E-state index in [1.807, 2.05) is 4.90 Å². The Balaban J connectivity index is 1.99. The number of carbonyl (C=O) groups excluding carboxylic acids is 1. The molecule has 0 aromatic heterocycles. The Morgan fingerprint density at radius 1 is 1.41 bits per heavy atom. The van der Waals surface area contributed by atoms with Crippen LogP contribution in [0.1, 0.15) is 37.7 Å². The molecule has 0 saturated carbocycles. The summed E-state index contributed by atoms with van der Waals surface area (Å²) in [5.74, 6) is 2.19. The zero-order chi connectivity index (χ0) is 15.9. The highest BCUT2D eigenvalue weighted by molar-refractivity contribution is 7.98. The van der Waals surface area contributed by atoms with Gasteiger partial charge < -0.3 is 10.6 Å². The summed E-state index contributed by atoms with van der Waals surface area (Å²) in [4.78, 5) is 14.5. The molecule has 122 valence electrons. The lowest BCUT2D eigenvalue weighted by Gasteiger charge is -2.39. The van der Waals surface area contributed by atoms with Gasteiger partial charge in [-0.1, -0.05) is 43.7 Å². The van der Waals surface area contributed by atoms with Gasteiger partial charge in [-0.2, -0.15) is 11.8 Å². The van der Waals surface area contributed by atoms with Gasteiger partial charge in [-0.15, -0.1) is 0 Å². The number of rotatable bonds is 6. The smallest absolute Gasteiger partial charge is 0.239 e. The standard InChI is InChI=1S/C18H28N2OS/c1-3-14-13-20(18(21)17(19)10-12-22-2)11-9-16(14)15-7-5-4-6-8-15/h4-8,14,16-17H,3,9-13,19H2,1-2H3/t14-,16-,17-/m1/s1. The highest BCUT2D eigenvalue weighted by Crippen LogP contribution is 2.35. The Hall–Kier alpha value is -1.00. The quantitative estimate of drug-likeness (QED) is 0.876. The fraction of sp³-hybridized carbons (Fsp3) is 0.611. The zero-order valence-corrected chi connectivity index (χ0v) is 14.5. The van der Waals surface area contributed by atoms with E-state index >= 15 is 0 Å². The van der Waals surface area contributed by atoms with E-state index in [0.29, 0.717) is 11.8 Å². The number of amides is 1. The number of piperidine rings is 1. The van der Waals surface area contributed by atoms with E-state index in [-0.39, 0.29) is 11.9 Å². The zero-order valence-electron chi connectivity index (χ0n) is 13.7. The molecule has 1 aliphatic rings. The van der Waals surface area contributed by atoms with Gasteiger partial charge in [-0.05, 0) is 42.2 Å². The molecule has 22 heavy (non-hydrogen) atoms. The maximum Gasteiger partial charge on any atom is 0.239 e. The summed E-state index contributed by atoms with van der Waals surface area (Å²) >= 11 is 1.75. The third-order valence-electron chi connectivity index (χ3n) is 4.75. The minimum absolute atomic E-state index is 0.138. The molecule has 2 rings (SSSR count). The molecule has 0 bridgehead atoms. The van der Waals surface area contributed by atoms with Crippen LogP contribution in [0.25, 0.3) is 0 Å². The minimum atomic E-state index is -0.335. The lowest BCUT2D eigenvalue weighted by atomic mass is 9.79. The topological polar surface area (TPSA) is 46.3 Å². The van der Waals surface area contributed by atoms with Crippen molar-refractivity contribution in [2.24, 2.45) is 11.7 Å². The Labute approximate surface area is 138 Å². The van der Waals surface area contributed by atoms with Gasteiger partial charge in [0.25, 0.3) is 0 Å². The van der Waals surface area contributed by atoms with Crippen LogP contribution in [0.3, 0.4) is 0 Å². The van der Waals surface area contributed by atoms with Gasteiger partial charge in [0, 0.05) is 13.1 Å². The average Bonchev–Trinajstić information content (AvgIpc) is 2.59. The molecule has 0 aliphatic carbocycles. The maximum atomic E-state index is 12.5. The predicted octanol–water partition coefficient (Wildman–Crippen LogP) is 3.11. The summed E-state index contributed by atoms with van der Waals surface area (Å²) in [6.45, 7) is 3.91.